The van der Waals surface area contributed by atoms with Crippen LogP contribution in [0.3, 0.4) is 0 Å². The number of phenols is 1. The molecule has 9 nitrogen and oxygen atoms in total. The van der Waals surface area contributed by atoms with Crippen LogP contribution in [0.25, 0.3) is 11.2 Å². The number of aromatic hydroxyl groups is 1. The van der Waals surface area contributed by atoms with Crippen molar-refractivity contribution in [1.29, 1.82) is 0 Å². The van der Waals surface area contributed by atoms with E-state index in [9.17, 15) is 9.50 Å². The molecule has 1 aliphatic rings. The first-order valence-corrected chi connectivity index (χ1v) is 9.80. The second kappa shape index (κ2) is 8.70. The van der Waals surface area contributed by atoms with Crippen LogP contribution >= 0.6 is 0 Å². The highest BCUT2D eigenvalue weighted by atomic mass is 19.1. The maximum atomic E-state index is 14.2. The molecule has 0 spiro atoms. The lowest BCUT2D eigenvalue weighted by Crippen LogP contribution is -2.12. The molecule has 1 aromatic carbocycles. The molecule has 1 aliphatic heterocycles. The number of ether oxygens (including phenoxy) is 3. The maximum Gasteiger partial charge on any atom is 0.312 e. The summed E-state index contributed by atoms with van der Waals surface area (Å²) in [5.74, 6) is 0.747. The number of imidazole rings is 1. The Kier molecular flexibility index (Phi) is 5.84. The lowest BCUT2D eigenvalue weighted by Gasteiger charge is -2.17. The monoisotopic (exact) mass is 417 g/mol. The van der Waals surface area contributed by atoms with Crippen LogP contribution in [0.5, 0.6) is 17.2 Å². The lowest BCUT2D eigenvalue weighted by molar-refractivity contribution is 0.00928. The Morgan fingerprint density at radius 1 is 1.20 bits per heavy atom. The molecule has 3 aromatic rings. The Morgan fingerprint density at radius 2 is 1.97 bits per heavy atom. The topological polar surface area (TPSA) is 104 Å². The predicted octanol–water partition coefficient (Wildman–Crippen LogP) is 3.39. The second-order valence-corrected chi connectivity index (χ2v) is 7.04. The Hall–Kier alpha value is -3.14. The molecule has 1 atom stereocenters. The number of halogens is 1. The highest BCUT2D eigenvalue weighted by molar-refractivity contribution is 5.82. The largest absolute Gasteiger partial charge is 0.502 e. The van der Waals surface area contributed by atoms with Gasteiger partial charge in [-0.3, -0.25) is 4.57 Å². The van der Waals surface area contributed by atoms with Gasteiger partial charge in [0.2, 0.25) is 5.75 Å². The normalized spacial score (nSPS) is 17.0. The van der Waals surface area contributed by atoms with Gasteiger partial charge in [0.05, 0.1) is 20.5 Å². The second-order valence-electron chi connectivity index (χ2n) is 7.04. The minimum atomic E-state index is -0.846. The quantitative estimate of drug-likeness (QED) is 0.589. The fraction of sp³-hybridized carbons (Fsp3) is 0.450. The molecule has 160 valence electrons. The van der Waals surface area contributed by atoms with E-state index in [1.54, 1.807) is 23.0 Å². The molecule has 10 heteroatoms. The summed E-state index contributed by atoms with van der Waals surface area (Å²) in [5.41, 5.74) is 1.60. The Morgan fingerprint density at radius 3 is 2.70 bits per heavy atom. The third-order valence-corrected chi connectivity index (χ3v) is 5.11. The predicted molar refractivity (Wildman–Crippen MR) is 107 cm³/mol. The van der Waals surface area contributed by atoms with Crippen LogP contribution < -0.4 is 14.8 Å². The van der Waals surface area contributed by atoms with E-state index >= 15 is 0 Å². The first kappa shape index (κ1) is 20.1. The van der Waals surface area contributed by atoms with Gasteiger partial charge in [0.15, 0.2) is 28.5 Å². The molecule has 1 fully saturated rings. The first-order chi connectivity index (χ1) is 14.6. The average molecular weight is 417 g/mol. The third-order valence-electron chi connectivity index (χ3n) is 5.11. The van der Waals surface area contributed by atoms with Gasteiger partial charge in [-0.2, -0.15) is 14.4 Å². The van der Waals surface area contributed by atoms with Crippen LogP contribution in [0.4, 0.5) is 10.2 Å². The summed E-state index contributed by atoms with van der Waals surface area (Å²) < 4.78 is 32.2. The number of methoxy groups -OCH3 is 2. The zero-order valence-electron chi connectivity index (χ0n) is 16.9. The van der Waals surface area contributed by atoms with E-state index in [0.717, 1.165) is 31.2 Å². The van der Waals surface area contributed by atoms with Gasteiger partial charge in [-0.25, -0.2) is 4.98 Å². The molecule has 1 saturated heterocycles. The van der Waals surface area contributed by atoms with Crippen LogP contribution in [0.2, 0.25) is 0 Å². The van der Waals surface area contributed by atoms with Crippen LogP contribution in [-0.2, 0) is 11.3 Å². The van der Waals surface area contributed by atoms with E-state index in [1.807, 2.05) is 0 Å². The molecule has 0 amide bonds. The molecule has 30 heavy (non-hydrogen) atoms. The highest BCUT2D eigenvalue weighted by Gasteiger charge is 2.21. The van der Waals surface area contributed by atoms with Gasteiger partial charge in [-0.15, -0.1) is 0 Å². The molecule has 0 radical (unpaired) electrons. The maximum absolute atomic E-state index is 14.2. The molecule has 2 N–H and O–H groups in total. The van der Waals surface area contributed by atoms with Crippen molar-refractivity contribution in [2.24, 2.45) is 0 Å². The molecule has 0 aliphatic carbocycles. The fourth-order valence-corrected chi connectivity index (χ4v) is 3.58. The van der Waals surface area contributed by atoms with Gasteiger partial charge in [0, 0.05) is 13.2 Å². The van der Waals surface area contributed by atoms with E-state index < -0.39 is 6.08 Å². The number of rotatable bonds is 6. The van der Waals surface area contributed by atoms with E-state index in [-0.39, 0.29) is 35.8 Å². The first-order valence-electron chi connectivity index (χ1n) is 9.80. The number of nitrogens with zero attached hydrogens (tertiary/aromatic N) is 4. The zero-order chi connectivity index (χ0) is 21.1. The number of aromatic nitrogens is 4. The Bertz CT molecular complexity index is 1010. The number of anilines is 1. The number of phenolic OH excluding ortho intramolecular Hbond substituents is 1. The van der Waals surface area contributed by atoms with E-state index in [2.05, 4.69) is 20.3 Å². The van der Waals surface area contributed by atoms with Gasteiger partial charge in [0.1, 0.15) is 6.23 Å². The number of nitrogens with one attached hydrogen (secondary N) is 1. The van der Waals surface area contributed by atoms with Crippen LogP contribution in [-0.4, -0.2) is 45.5 Å². The standard InChI is InChI=1S/C20H24FN5O4/c1-28-13-8-12(9-14(29-2)17(13)27)10-22-18-16-19(25-20(21)24-18)26(11-23-16)15-6-4-3-5-7-30-15/h8-9,11,15,27H,3-7,10H2,1-2H3,(H,22,24,25). The van der Waals surface area contributed by atoms with Crippen molar-refractivity contribution >= 4 is 17.0 Å². The van der Waals surface area contributed by atoms with Crippen molar-refractivity contribution < 1.29 is 23.7 Å². The van der Waals surface area contributed by atoms with E-state index in [0.29, 0.717) is 17.8 Å². The highest BCUT2D eigenvalue weighted by Crippen LogP contribution is 2.37. The van der Waals surface area contributed by atoms with Crippen molar-refractivity contribution in [3.63, 3.8) is 0 Å². The van der Waals surface area contributed by atoms with Gasteiger partial charge in [-0.1, -0.05) is 6.42 Å². The average Bonchev–Trinajstić information content (AvgIpc) is 2.98. The summed E-state index contributed by atoms with van der Waals surface area (Å²) in [6.07, 6.45) is 4.54. The molecule has 1 unspecified atom stereocenters. The third kappa shape index (κ3) is 3.95. The number of hydrogen-bond donors (Lipinski definition) is 2. The van der Waals surface area contributed by atoms with Gasteiger partial charge in [-0.05, 0) is 37.0 Å². The van der Waals surface area contributed by atoms with Crippen LogP contribution in [0.15, 0.2) is 18.5 Å². The summed E-state index contributed by atoms with van der Waals surface area (Å²) >= 11 is 0. The summed E-state index contributed by atoms with van der Waals surface area (Å²) in [5, 5.41) is 13.2. The van der Waals surface area contributed by atoms with Crippen molar-refractivity contribution in [2.75, 3.05) is 26.1 Å². The molecule has 3 heterocycles. The molecule has 0 saturated carbocycles. The van der Waals surface area contributed by atoms with Crippen molar-refractivity contribution in [2.45, 2.75) is 38.5 Å². The SMILES string of the molecule is COc1cc(CNc2nc(F)nc3c2ncn3C2CCCCCO2)cc(OC)c1O. The molecule has 0 bridgehead atoms. The van der Waals surface area contributed by atoms with Crippen LogP contribution in [0.1, 0.15) is 37.5 Å². The minimum Gasteiger partial charge on any atom is -0.502 e. The van der Waals surface area contributed by atoms with Gasteiger partial charge in [0.25, 0.3) is 0 Å². The molecule has 4 rings (SSSR count). The summed E-state index contributed by atoms with van der Waals surface area (Å²) in [7, 11) is 2.91. The molecule has 2 aromatic heterocycles. The van der Waals surface area contributed by atoms with Gasteiger partial charge < -0.3 is 24.6 Å². The zero-order valence-corrected chi connectivity index (χ0v) is 16.9. The smallest absolute Gasteiger partial charge is 0.312 e. The lowest BCUT2D eigenvalue weighted by atomic mass is 10.2. The summed E-state index contributed by atoms with van der Waals surface area (Å²) in [6, 6.07) is 3.33. The van der Waals surface area contributed by atoms with Crippen molar-refractivity contribution in [3.05, 3.63) is 30.1 Å². The van der Waals surface area contributed by atoms with Crippen molar-refractivity contribution in [3.8, 4) is 17.2 Å². The minimum absolute atomic E-state index is 0.0821. The van der Waals surface area contributed by atoms with Gasteiger partial charge >= 0.3 is 6.08 Å². The number of fused-ring (bicyclic) bond motifs is 1. The molecular formula is C20H24FN5O4. The van der Waals surface area contributed by atoms with E-state index in [4.69, 9.17) is 14.2 Å². The van der Waals surface area contributed by atoms with E-state index in [1.165, 1.54) is 14.2 Å². The summed E-state index contributed by atoms with van der Waals surface area (Å²) in [4.78, 5) is 12.2. The number of benzene rings is 1. The Balaban J connectivity index is 1.62. The Labute approximate surface area is 172 Å². The number of hydrogen-bond acceptors (Lipinski definition) is 8. The molecular weight excluding hydrogens is 393 g/mol. The fourth-order valence-electron chi connectivity index (χ4n) is 3.58. The van der Waals surface area contributed by atoms with Crippen molar-refractivity contribution in [1.82, 2.24) is 19.5 Å². The summed E-state index contributed by atoms with van der Waals surface area (Å²) in [6.45, 7) is 0.943. The van der Waals surface area contributed by atoms with Crippen LogP contribution in [0, 0.1) is 6.08 Å².